The molecule has 2 atom stereocenters. The minimum absolute atomic E-state index is 0. The molecule has 0 saturated carbocycles. The van der Waals surface area contributed by atoms with E-state index in [-0.39, 0.29) is 49.8 Å². The second-order valence-electron chi connectivity index (χ2n) is 6.52. The first-order valence-electron chi connectivity index (χ1n) is 8.51. The third kappa shape index (κ3) is 14.4. The van der Waals surface area contributed by atoms with Gasteiger partial charge in [-0.25, -0.2) is 0 Å². The molecule has 2 nitrogen and oxygen atoms in total. The van der Waals surface area contributed by atoms with E-state index >= 15 is 0 Å². The predicted molar refractivity (Wildman–Crippen MR) is 103 cm³/mol. The van der Waals surface area contributed by atoms with E-state index in [0.717, 1.165) is 38.5 Å². The summed E-state index contributed by atoms with van der Waals surface area (Å²) in [5, 5.41) is 20.6. The topological polar surface area (TPSA) is 46.1 Å². The summed E-state index contributed by atoms with van der Waals surface area (Å²) in [4.78, 5) is 0. The Hall–Kier alpha value is -0.406. The van der Waals surface area contributed by atoms with Crippen molar-refractivity contribution in [1.29, 1.82) is 0 Å². The van der Waals surface area contributed by atoms with Gasteiger partial charge in [0, 0.05) is 0 Å². The maximum Gasteiger partial charge on any atom is 4.00 e. The molecule has 0 aromatic heterocycles. The zero-order valence-electron chi connectivity index (χ0n) is 16.6. The van der Waals surface area contributed by atoms with E-state index in [2.05, 4.69) is 50.3 Å². The van der Waals surface area contributed by atoms with Gasteiger partial charge in [0.2, 0.25) is 0 Å². The Bertz CT molecular complexity index is 382. The van der Waals surface area contributed by atoms with Crippen LogP contribution in [0.4, 0.5) is 0 Å². The van der Waals surface area contributed by atoms with E-state index in [0.29, 0.717) is 11.8 Å². The van der Waals surface area contributed by atoms with Gasteiger partial charge in [-0.1, -0.05) is 74.3 Å². The van der Waals surface area contributed by atoms with Crippen LogP contribution in [-0.4, -0.2) is 13.2 Å². The van der Waals surface area contributed by atoms with Crippen LogP contribution in [0.25, 0.3) is 0 Å². The van der Waals surface area contributed by atoms with Gasteiger partial charge in [0.1, 0.15) is 0 Å². The van der Waals surface area contributed by atoms with Crippen molar-refractivity contribution in [3.05, 3.63) is 62.5 Å². The summed E-state index contributed by atoms with van der Waals surface area (Å²) in [5.74, 6) is 1.14. The second kappa shape index (κ2) is 18.4. The molecule has 0 heterocycles. The maximum atomic E-state index is 10.3. The van der Waals surface area contributed by atoms with Gasteiger partial charge in [-0.3, -0.25) is 0 Å². The van der Waals surface area contributed by atoms with Crippen molar-refractivity contribution in [2.24, 2.45) is 11.8 Å². The van der Waals surface area contributed by atoms with Gasteiger partial charge in [-0.05, 0) is 37.5 Å². The molecule has 25 heavy (non-hydrogen) atoms. The molecule has 2 aliphatic rings. The fourth-order valence-electron chi connectivity index (χ4n) is 2.79. The minimum atomic E-state index is 0. The normalized spacial score (nSPS) is 16.3. The monoisotopic (exact) mass is 380 g/mol. The molecule has 3 heteroatoms. The van der Waals surface area contributed by atoms with Crippen LogP contribution in [0.15, 0.2) is 47.6 Å². The quantitative estimate of drug-likeness (QED) is 0.468. The van der Waals surface area contributed by atoms with E-state index in [1.165, 1.54) is 11.1 Å². The van der Waals surface area contributed by atoms with E-state index < -0.39 is 0 Å². The van der Waals surface area contributed by atoms with E-state index in [1.54, 1.807) is 0 Å². The Morgan fingerprint density at radius 2 is 1.16 bits per heavy atom. The Balaban J connectivity index is -0.000000346. The molecular weight excluding hydrogens is 344 g/mol. The molecule has 0 spiro atoms. The summed E-state index contributed by atoms with van der Waals surface area (Å²) < 4.78 is 0. The Morgan fingerprint density at radius 1 is 0.800 bits per heavy atom. The first kappa shape index (κ1) is 29.4. The second-order valence-corrected chi connectivity index (χ2v) is 6.52. The third-order valence-corrected chi connectivity index (χ3v) is 4.14. The number of hydrogen-bond donors (Lipinski definition) is 0. The largest absolute Gasteiger partial charge is 4.00 e. The standard InChI is InChI=1S/2C10H15O.2CH3.Ti/c2*1-9(6-7-11)8-10-4-2-3-5-10;;;/h2*2-4,9H,5-8H2,1H3;2*1H3;/q4*-1;+4. The molecular formula is C22H36O2Ti. The van der Waals surface area contributed by atoms with Crippen molar-refractivity contribution in [3.63, 3.8) is 0 Å². The average Bonchev–Trinajstić information content (AvgIpc) is 3.13. The molecule has 2 aliphatic carbocycles. The molecule has 0 N–H and O–H groups in total. The van der Waals surface area contributed by atoms with Crippen molar-refractivity contribution in [3.8, 4) is 0 Å². The van der Waals surface area contributed by atoms with E-state index in [1.807, 2.05) is 0 Å². The minimum Gasteiger partial charge on any atom is -0.854 e. The number of hydrogen-bond acceptors (Lipinski definition) is 2. The summed E-state index contributed by atoms with van der Waals surface area (Å²) in [5.41, 5.74) is 2.96. The van der Waals surface area contributed by atoms with Gasteiger partial charge in [0.15, 0.2) is 0 Å². The zero-order chi connectivity index (χ0) is 16.2. The van der Waals surface area contributed by atoms with Crippen molar-refractivity contribution < 1.29 is 31.9 Å². The van der Waals surface area contributed by atoms with Crippen LogP contribution in [0.3, 0.4) is 0 Å². The smallest absolute Gasteiger partial charge is 0.854 e. The molecule has 0 fully saturated rings. The summed E-state index contributed by atoms with van der Waals surface area (Å²) >= 11 is 0. The van der Waals surface area contributed by atoms with E-state index in [9.17, 15) is 10.2 Å². The molecule has 0 aromatic carbocycles. The summed E-state index contributed by atoms with van der Waals surface area (Å²) in [7, 11) is 0. The summed E-state index contributed by atoms with van der Waals surface area (Å²) in [6.07, 6.45) is 18.9. The van der Waals surface area contributed by atoms with Crippen LogP contribution in [0.5, 0.6) is 0 Å². The fourth-order valence-corrected chi connectivity index (χ4v) is 2.79. The molecule has 2 unspecified atom stereocenters. The Morgan fingerprint density at radius 3 is 1.40 bits per heavy atom. The first-order valence-corrected chi connectivity index (χ1v) is 8.51. The van der Waals surface area contributed by atoms with Crippen molar-refractivity contribution in [2.45, 2.75) is 52.4 Å². The van der Waals surface area contributed by atoms with Crippen molar-refractivity contribution >= 4 is 0 Å². The molecule has 140 valence electrons. The molecule has 0 saturated heterocycles. The summed E-state index contributed by atoms with van der Waals surface area (Å²) in [6.45, 7) is 4.44. The maximum absolute atomic E-state index is 10.3. The first-order chi connectivity index (χ1) is 10.7. The Kier molecular flexibility index (Phi) is 21.6. The molecule has 0 aliphatic heterocycles. The van der Waals surface area contributed by atoms with Crippen molar-refractivity contribution in [1.82, 2.24) is 0 Å². The van der Waals surface area contributed by atoms with Crippen LogP contribution in [-0.2, 0) is 21.7 Å². The summed E-state index contributed by atoms with van der Waals surface area (Å²) in [6, 6.07) is 0. The van der Waals surface area contributed by atoms with Crippen LogP contribution in [0.1, 0.15) is 52.4 Å². The molecule has 0 radical (unpaired) electrons. The number of rotatable bonds is 8. The van der Waals surface area contributed by atoms with Crippen LogP contribution in [0.2, 0.25) is 0 Å². The third-order valence-electron chi connectivity index (χ3n) is 4.14. The Labute approximate surface area is 171 Å². The SMILES string of the molecule is CC(CC[O-])CC1=CC=CC1.CC(CC[O-])CC1=CC=CC1.[CH3-].[CH3-].[Ti+4]. The van der Waals surface area contributed by atoms with Gasteiger partial charge >= 0.3 is 21.7 Å². The van der Waals surface area contributed by atoms with E-state index in [4.69, 9.17) is 0 Å². The molecule has 0 aromatic rings. The van der Waals surface area contributed by atoms with Gasteiger partial charge < -0.3 is 25.1 Å². The zero-order valence-corrected chi connectivity index (χ0v) is 18.2. The molecule has 0 bridgehead atoms. The number of allylic oxidation sites excluding steroid dienone is 8. The fraction of sp³-hybridized carbons (Fsp3) is 0.545. The van der Waals surface area contributed by atoms with Crippen LogP contribution < -0.4 is 10.2 Å². The van der Waals surface area contributed by atoms with Gasteiger partial charge in [-0.2, -0.15) is 0 Å². The van der Waals surface area contributed by atoms with Crippen LogP contribution in [0, 0.1) is 26.7 Å². The van der Waals surface area contributed by atoms with Gasteiger partial charge in [-0.15, -0.1) is 13.2 Å². The van der Waals surface area contributed by atoms with Crippen LogP contribution >= 0.6 is 0 Å². The average molecular weight is 380 g/mol. The molecule has 2 rings (SSSR count). The van der Waals surface area contributed by atoms with Gasteiger partial charge in [0.25, 0.3) is 0 Å². The predicted octanol–water partition coefficient (Wildman–Crippen LogP) is 4.20. The van der Waals surface area contributed by atoms with Gasteiger partial charge in [0.05, 0.1) is 0 Å². The van der Waals surface area contributed by atoms with Crippen molar-refractivity contribution in [2.75, 3.05) is 13.2 Å². The molecule has 0 amide bonds.